The molecule has 0 aliphatic rings. The molecule has 0 aliphatic carbocycles. The molecule has 0 aliphatic heterocycles. The number of alkyl halides is 1. The number of hydrogen-bond acceptors (Lipinski definition) is 4. The summed E-state index contributed by atoms with van der Waals surface area (Å²) in [5.41, 5.74) is 0. The standard InChI is InChI=1S/C10H16ClN3OS/c1-7(2)6-9-13-14-10(16-9)12-8(15)4-3-5-11/h7H,3-6H2,1-2H3,(H,12,14,15). The van der Waals surface area contributed by atoms with Crippen LogP contribution in [0, 0.1) is 5.92 Å². The van der Waals surface area contributed by atoms with E-state index in [1.54, 1.807) is 0 Å². The average molecular weight is 262 g/mol. The maximum absolute atomic E-state index is 11.4. The van der Waals surface area contributed by atoms with Crippen LogP contribution in [0.5, 0.6) is 0 Å². The van der Waals surface area contributed by atoms with Gasteiger partial charge < -0.3 is 5.32 Å². The van der Waals surface area contributed by atoms with Crippen molar-refractivity contribution in [2.24, 2.45) is 5.92 Å². The van der Waals surface area contributed by atoms with Gasteiger partial charge in [0.25, 0.3) is 0 Å². The van der Waals surface area contributed by atoms with Gasteiger partial charge in [-0.05, 0) is 12.3 Å². The van der Waals surface area contributed by atoms with Gasteiger partial charge in [-0.1, -0.05) is 25.2 Å². The summed E-state index contributed by atoms with van der Waals surface area (Å²) in [4.78, 5) is 11.4. The molecular formula is C10H16ClN3OS. The molecule has 1 aromatic heterocycles. The van der Waals surface area contributed by atoms with Gasteiger partial charge in [0.1, 0.15) is 5.01 Å². The molecular weight excluding hydrogens is 246 g/mol. The molecule has 0 unspecified atom stereocenters. The number of amides is 1. The van der Waals surface area contributed by atoms with Crippen LogP contribution in [-0.2, 0) is 11.2 Å². The van der Waals surface area contributed by atoms with Gasteiger partial charge in [0.05, 0.1) is 0 Å². The number of nitrogens with zero attached hydrogens (tertiary/aromatic N) is 2. The van der Waals surface area contributed by atoms with Crippen LogP contribution < -0.4 is 5.32 Å². The summed E-state index contributed by atoms with van der Waals surface area (Å²) in [6.07, 6.45) is 2.02. The van der Waals surface area contributed by atoms with Gasteiger partial charge in [0, 0.05) is 18.7 Å². The topological polar surface area (TPSA) is 54.9 Å². The predicted molar refractivity (Wildman–Crippen MR) is 67.0 cm³/mol. The van der Waals surface area contributed by atoms with E-state index in [4.69, 9.17) is 11.6 Å². The number of aromatic nitrogens is 2. The van der Waals surface area contributed by atoms with Gasteiger partial charge >= 0.3 is 0 Å². The minimum atomic E-state index is -0.0482. The monoisotopic (exact) mass is 261 g/mol. The zero-order valence-corrected chi connectivity index (χ0v) is 11.1. The van der Waals surface area contributed by atoms with Crippen molar-refractivity contribution in [3.05, 3.63) is 5.01 Å². The molecule has 0 saturated carbocycles. The van der Waals surface area contributed by atoms with Crippen molar-refractivity contribution in [3.63, 3.8) is 0 Å². The zero-order valence-electron chi connectivity index (χ0n) is 9.49. The number of rotatable bonds is 6. The summed E-state index contributed by atoms with van der Waals surface area (Å²) < 4.78 is 0. The van der Waals surface area contributed by atoms with E-state index in [0.29, 0.717) is 29.8 Å². The summed E-state index contributed by atoms with van der Waals surface area (Å²) in [6.45, 7) is 4.25. The first-order valence-electron chi connectivity index (χ1n) is 5.30. The molecule has 0 fully saturated rings. The van der Waals surface area contributed by atoms with Crippen molar-refractivity contribution >= 4 is 34.0 Å². The summed E-state index contributed by atoms with van der Waals surface area (Å²) in [5.74, 6) is 1.00. The first kappa shape index (κ1) is 13.4. The van der Waals surface area contributed by atoms with E-state index >= 15 is 0 Å². The summed E-state index contributed by atoms with van der Waals surface area (Å²) >= 11 is 6.94. The Hall–Kier alpha value is -0.680. The Morgan fingerprint density at radius 3 is 2.88 bits per heavy atom. The van der Waals surface area contributed by atoms with Crippen LogP contribution in [0.25, 0.3) is 0 Å². The van der Waals surface area contributed by atoms with Crippen LogP contribution in [-0.4, -0.2) is 22.0 Å². The van der Waals surface area contributed by atoms with Gasteiger partial charge in [-0.25, -0.2) is 0 Å². The highest BCUT2D eigenvalue weighted by Gasteiger charge is 2.08. The molecule has 1 heterocycles. The van der Waals surface area contributed by atoms with Gasteiger partial charge in [0.2, 0.25) is 11.0 Å². The van der Waals surface area contributed by atoms with Crippen LogP contribution in [0.4, 0.5) is 5.13 Å². The molecule has 1 N–H and O–H groups in total. The van der Waals surface area contributed by atoms with E-state index in [2.05, 4.69) is 29.4 Å². The van der Waals surface area contributed by atoms with E-state index in [1.807, 2.05) is 0 Å². The second-order valence-electron chi connectivity index (χ2n) is 3.94. The minimum Gasteiger partial charge on any atom is -0.301 e. The molecule has 0 radical (unpaired) electrons. The van der Waals surface area contributed by atoms with Crippen LogP contribution in [0.1, 0.15) is 31.7 Å². The molecule has 90 valence electrons. The Labute approximate surface area is 104 Å². The number of carbonyl (C=O) groups is 1. The zero-order chi connectivity index (χ0) is 12.0. The first-order chi connectivity index (χ1) is 7.61. The van der Waals surface area contributed by atoms with Gasteiger partial charge in [-0.2, -0.15) is 0 Å². The van der Waals surface area contributed by atoms with Crippen molar-refractivity contribution in [1.82, 2.24) is 10.2 Å². The quantitative estimate of drug-likeness (QED) is 0.801. The number of carbonyl (C=O) groups excluding carboxylic acids is 1. The summed E-state index contributed by atoms with van der Waals surface area (Å²) in [7, 11) is 0. The third-order valence-corrected chi connectivity index (χ3v) is 2.96. The fraction of sp³-hybridized carbons (Fsp3) is 0.700. The Morgan fingerprint density at radius 1 is 1.50 bits per heavy atom. The van der Waals surface area contributed by atoms with Crippen molar-refractivity contribution in [2.75, 3.05) is 11.2 Å². The average Bonchev–Trinajstić information content (AvgIpc) is 2.61. The Bertz CT molecular complexity index is 341. The lowest BCUT2D eigenvalue weighted by atomic mass is 10.1. The van der Waals surface area contributed by atoms with Crippen molar-refractivity contribution in [3.8, 4) is 0 Å². The molecule has 0 atom stereocenters. The summed E-state index contributed by atoms with van der Waals surface area (Å²) in [5, 5.41) is 12.2. The molecule has 16 heavy (non-hydrogen) atoms. The number of halogens is 1. The highest BCUT2D eigenvalue weighted by atomic mass is 35.5. The molecule has 4 nitrogen and oxygen atoms in total. The Kier molecular flexibility index (Phi) is 5.69. The normalized spacial score (nSPS) is 10.8. The van der Waals surface area contributed by atoms with E-state index in [0.717, 1.165) is 11.4 Å². The molecule has 1 rings (SSSR count). The second kappa shape index (κ2) is 6.81. The predicted octanol–water partition coefficient (Wildman–Crippen LogP) is 2.69. The van der Waals surface area contributed by atoms with Crippen LogP contribution in [0.2, 0.25) is 0 Å². The molecule has 0 saturated heterocycles. The lowest BCUT2D eigenvalue weighted by Gasteiger charge is -1.99. The van der Waals surface area contributed by atoms with E-state index in [-0.39, 0.29) is 5.91 Å². The van der Waals surface area contributed by atoms with Gasteiger partial charge in [0.15, 0.2) is 0 Å². The number of nitrogens with one attached hydrogen (secondary N) is 1. The minimum absolute atomic E-state index is 0.0482. The third-order valence-electron chi connectivity index (χ3n) is 1.83. The molecule has 1 aromatic rings. The largest absolute Gasteiger partial charge is 0.301 e. The van der Waals surface area contributed by atoms with Crippen molar-refractivity contribution in [1.29, 1.82) is 0 Å². The maximum Gasteiger partial charge on any atom is 0.226 e. The lowest BCUT2D eigenvalue weighted by molar-refractivity contribution is -0.116. The molecule has 0 aromatic carbocycles. The van der Waals surface area contributed by atoms with E-state index < -0.39 is 0 Å². The Morgan fingerprint density at radius 2 is 2.25 bits per heavy atom. The second-order valence-corrected chi connectivity index (χ2v) is 5.38. The molecule has 6 heteroatoms. The van der Waals surface area contributed by atoms with E-state index in [9.17, 15) is 4.79 Å². The van der Waals surface area contributed by atoms with E-state index in [1.165, 1.54) is 11.3 Å². The number of hydrogen-bond donors (Lipinski definition) is 1. The van der Waals surface area contributed by atoms with Crippen LogP contribution in [0.3, 0.4) is 0 Å². The van der Waals surface area contributed by atoms with Gasteiger partial charge in [-0.15, -0.1) is 21.8 Å². The maximum atomic E-state index is 11.4. The van der Waals surface area contributed by atoms with Crippen molar-refractivity contribution in [2.45, 2.75) is 33.1 Å². The molecule has 1 amide bonds. The fourth-order valence-electron chi connectivity index (χ4n) is 1.14. The first-order valence-corrected chi connectivity index (χ1v) is 6.65. The number of anilines is 1. The molecule has 0 spiro atoms. The smallest absolute Gasteiger partial charge is 0.226 e. The highest BCUT2D eigenvalue weighted by molar-refractivity contribution is 7.15. The van der Waals surface area contributed by atoms with Gasteiger partial charge in [-0.3, -0.25) is 4.79 Å². The fourth-order valence-corrected chi connectivity index (χ4v) is 2.25. The highest BCUT2D eigenvalue weighted by Crippen LogP contribution is 2.18. The molecule has 0 bridgehead atoms. The van der Waals surface area contributed by atoms with Crippen molar-refractivity contribution < 1.29 is 4.79 Å². The Balaban J connectivity index is 2.42. The van der Waals surface area contributed by atoms with Crippen LogP contribution in [0.15, 0.2) is 0 Å². The lowest BCUT2D eigenvalue weighted by Crippen LogP contribution is -2.10. The van der Waals surface area contributed by atoms with Crippen LogP contribution >= 0.6 is 22.9 Å². The summed E-state index contributed by atoms with van der Waals surface area (Å²) in [6, 6.07) is 0. The SMILES string of the molecule is CC(C)Cc1nnc(NC(=O)CCCCl)s1. The third kappa shape index (κ3) is 4.90.